The lowest BCUT2D eigenvalue weighted by Gasteiger charge is -2.22. The Morgan fingerprint density at radius 1 is 1.50 bits per heavy atom. The lowest BCUT2D eigenvalue weighted by molar-refractivity contribution is 0.154. The Kier molecular flexibility index (Phi) is 5.28. The van der Waals surface area contributed by atoms with Gasteiger partial charge in [0.15, 0.2) is 5.82 Å². The lowest BCUT2D eigenvalue weighted by atomic mass is 10.4. The Bertz CT molecular complexity index is 335. The van der Waals surface area contributed by atoms with E-state index in [1.54, 1.807) is 0 Å². The average Bonchev–Trinajstić information content (AvgIpc) is 2.28. The van der Waals surface area contributed by atoms with Crippen LogP contribution in [0.4, 0.5) is 11.8 Å². The van der Waals surface area contributed by atoms with Gasteiger partial charge in [-0.3, -0.25) is 0 Å². The molecule has 1 aromatic rings. The summed E-state index contributed by atoms with van der Waals surface area (Å²) >= 11 is 6.02. The number of nitrogen functional groups attached to an aromatic ring is 1. The molecule has 0 amide bonds. The molecule has 0 spiro atoms. The zero-order valence-corrected chi connectivity index (χ0v) is 10.4. The molecule has 2 N–H and O–H groups in total. The third kappa shape index (κ3) is 3.50. The van der Waals surface area contributed by atoms with Crippen LogP contribution in [0.1, 0.15) is 13.8 Å². The van der Waals surface area contributed by atoms with E-state index in [0.717, 1.165) is 13.1 Å². The van der Waals surface area contributed by atoms with Crippen molar-refractivity contribution in [2.45, 2.75) is 13.8 Å². The summed E-state index contributed by atoms with van der Waals surface area (Å²) in [6.45, 7) is 6.87. The van der Waals surface area contributed by atoms with Crippen LogP contribution >= 0.6 is 11.6 Å². The number of nitrogens with two attached hydrogens (primary N) is 1. The van der Waals surface area contributed by atoms with Crippen molar-refractivity contribution in [2.24, 2.45) is 0 Å². The number of aromatic nitrogens is 2. The predicted octanol–water partition coefficient (Wildman–Crippen LogP) is 1.57. The van der Waals surface area contributed by atoms with Gasteiger partial charge in [-0.15, -0.1) is 0 Å². The highest BCUT2D eigenvalue weighted by molar-refractivity contribution is 6.32. The number of hydrogen-bond acceptors (Lipinski definition) is 5. The maximum absolute atomic E-state index is 6.02. The van der Waals surface area contributed by atoms with E-state index in [1.807, 2.05) is 18.7 Å². The molecule has 1 aromatic heterocycles. The molecule has 0 aliphatic carbocycles. The summed E-state index contributed by atoms with van der Waals surface area (Å²) in [6, 6.07) is 0. The SMILES string of the molecule is CCOCCN(CC)c1nc(N)ncc1Cl. The van der Waals surface area contributed by atoms with Crippen molar-refractivity contribution in [3.05, 3.63) is 11.2 Å². The number of halogens is 1. The summed E-state index contributed by atoms with van der Waals surface area (Å²) in [5.74, 6) is 0.894. The largest absolute Gasteiger partial charge is 0.380 e. The Morgan fingerprint density at radius 3 is 2.88 bits per heavy atom. The minimum atomic E-state index is 0.231. The summed E-state index contributed by atoms with van der Waals surface area (Å²) in [5.41, 5.74) is 5.54. The Labute approximate surface area is 101 Å². The molecular weight excluding hydrogens is 228 g/mol. The summed E-state index contributed by atoms with van der Waals surface area (Å²) in [4.78, 5) is 9.97. The van der Waals surface area contributed by atoms with Gasteiger partial charge in [-0.2, -0.15) is 4.98 Å². The van der Waals surface area contributed by atoms with Gasteiger partial charge in [-0.05, 0) is 13.8 Å². The number of ether oxygens (including phenoxy) is 1. The van der Waals surface area contributed by atoms with Gasteiger partial charge in [-0.25, -0.2) is 4.98 Å². The normalized spacial score (nSPS) is 10.4. The Morgan fingerprint density at radius 2 is 2.25 bits per heavy atom. The zero-order chi connectivity index (χ0) is 12.0. The minimum absolute atomic E-state index is 0.231. The second-order valence-electron chi connectivity index (χ2n) is 3.18. The zero-order valence-electron chi connectivity index (χ0n) is 9.61. The van der Waals surface area contributed by atoms with Gasteiger partial charge >= 0.3 is 0 Å². The molecule has 0 aliphatic rings. The van der Waals surface area contributed by atoms with Gasteiger partial charge in [-0.1, -0.05) is 11.6 Å². The van der Waals surface area contributed by atoms with E-state index >= 15 is 0 Å². The Balaban J connectivity index is 2.73. The fraction of sp³-hybridized carbons (Fsp3) is 0.600. The van der Waals surface area contributed by atoms with Gasteiger partial charge in [0.05, 0.1) is 12.8 Å². The Hall–Kier alpha value is -1.07. The van der Waals surface area contributed by atoms with Crippen molar-refractivity contribution >= 4 is 23.4 Å². The number of nitrogens with zero attached hydrogens (tertiary/aromatic N) is 3. The summed E-state index contributed by atoms with van der Waals surface area (Å²) < 4.78 is 5.30. The first kappa shape index (κ1) is 13.0. The van der Waals surface area contributed by atoms with Crippen LogP contribution in [-0.4, -0.2) is 36.3 Å². The van der Waals surface area contributed by atoms with E-state index in [9.17, 15) is 0 Å². The third-order valence-corrected chi connectivity index (χ3v) is 2.40. The van der Waals surface area contributed by atoms with Crippen LogP contribution in [0.3, 0.4) is 0 Å². The first-order chi connectivity index (χ1) is 7.69. The van der Waals surface area contributed by atoms with Gasteiger partial charge < -0.3 is 15.4 Å². The van der Waals surface area contributed by atoms with Crippen LogP contribution in [-0.2, 0) is 4.74 Å². The van der Waals surface area contributed by atoms with Crippen LogP contribution in [0, 0.1) is 0 Å². The van der Waals surface area contributed by atoms with Crippen LogP contribution in [0.2, 0.25) is 5.02 Å². The maximum Gasteiger partial charge on any atom is 0.222 e. The first-order valence-electron chi connectivity index (χ1n) is 5.29. The number of likely N-dealkylation sites (N-methyl/N-ethyl adjacent to an activating group) is 1. The summed E-state index contributed by atoms with van der Waals surface area (Å²) in [5, 5.41) is 0.507. The highest BCUT2D eigenvalue weighted by Crippen LogP contribution is 2.22. The van der Waals surface area contributed by atoms with Crippen LogP contribution in [0.25, 0.3) is 0 Å². The molecule has 0 atom stereocenters. The van der Waals surface area contributed by atoms with Crippen LogP contribution < -0.4 is 10.6 Å². The molecule has 90 valence electrons. The van der Waals surface area contributed by atoms with Crippen molar-refractivity contribution in [2.75, 3.05) is 36.9 Å². The van der Waals surface area contributed by atoms with E-state index in [4.69, 9.17) is 22.1 Å². The molecule has 5 nitrogen and oxygen atoms in total. The van der Waals surface area contributed by atoms with E-state index < -0.39 is 0 Å². The molecule has 0 saturated carbocycles. The fourth-order valence-electron chi connectivity index (χ4n) is 1.33. The number of anilines is 2. The van der Waals surface area contributed by atoms with Crippen molar-refractivity contribution in [3.63, 3.8) is 0 Å². The standard InChI is InChI=1S/C10H17ClN4O/c1-3-15(5-6-16-4-2)9-8(11)7-13-10(12)14-9/h7H,3-6H2,1-2H3,(H2,12,13,14). The quantitative estimate of drug-likeness (QED) is 0.770. The molecule has 0 aliphatic heterocycles. The number of rotatable bonds is 6. The smallest absolute Gasteiger partial charge is 0.222 e. The monoisotopic (exact) mass is 244 g/mol. The van der Waals surface area contributed by atoms with Crippen molar-refractivity contribution in [1.82, 2.24) is 9.97 Å². The second-order valence-corrected chi connectivity index (χ2v) is 3.58. The second kappa shape index (κ2) is 6.50. The first-order valence-corrected chi connectivity index (χ1v) is 5.67. The summed E-state index contributed by atoms with van der Waals surface area (Å²) in [6.07, 6.45) is 1.52. The fourth-order valence-corrected chi connectivity index (χ4v) is 1.54. The topological polar surface area (TPSA) is 64.3 Å². The van der Waals surface area contributed by atoms with Gasteiger partial charge in [0, 0.05) is 19.7 Å². The van der Waals surface area contributed by atoms with Crippen LogP contribution in [0.5, 0.6) is 0 Å². The van der Waals surface area contributed by atoms with Crippen molar-refractivity contribution in [3.8, 4) is 0 Å². The molecule has 1 rings (SSSR count). The molecular formula is C10H17ClN4O. The van der Waals surface area contributed by atoms with E-state index in [0.29, 0.717) is 24.1 Å². The number of hydrogen-bond donors (Lipinski definition) is 1. The average molecular weight is 245 g/mol. The van der Waals surface area contributed by atoms with E-state index in [2.05, 4.69) is 9.97 Å². The molecule has 0 unspecified atom stereocenters. The molecule has 0 aromatic carbocycles. The molecule has 6 heteroatoms. The van der Waals surface area contributed by atoms with Gasteiger partial charge in [0.2, 0.25) is 5.95 Å². The van der Waals surface area contributed by atoms with Gasteiger partial charge in [0.1, 0.15) is 5.02 Å². The third-order valence-electron chi connectivity index (χ3n) is 2.14. The lowest BCUT2D eigenvalue weighted by Crippen LogP contribution is -2.28. The van der Waals surface area contributed by atoms with Crippen molar-refractivity contribution < 1.29 is 4.74 Å². The molecule has 0 fully saturated rings. The van der Waals surface area contributed by atoms with Crippen molar-refractivity contribution in [1.29, 1.82) is 0 Å². The van der Waals surface area contributed by atoms with Gasteiger partial charge in [0.25, 0.3) is 0 Å². The van der Waals surface area contributed by atoms with E-state index in [1.165, 1.54) is 6.20 Å². The minimum Gasteiger partial charge on any atom is -0.380 e. The highest BCUT2D eigenvalue weighted by Gasteiger charge is 2.11. The molecule has 0 bridgehead atoms. The highest BCUT2D eigenvalue weighted by atomic mass is 35.5. The molecule has 16 heavy (non-hydrogen) atoms. The molecule has 0 radical (unpaired) electrons. The van der Waals surface area contributed by atoms with Crippen LogP contribution in [0.15, 0.2) is 6.20 Å². The summed E-state index contributed by atoms with van der Waals surface area (Å²) in [7, 11) is 0. The predicted molar refractivity (Wildman–Crippen MR) is 65.8 cm³/mol. The molecule has 0 saturated heterocycles. The molecule has 1 heterocycles. The maximum atomic E-state index is 6.02. The van der Waals surface area contributed by atoms with E-state index in [-0.39, 0.29) is 5.95 Å².